The lowest BCUT2D eigenvalue weighted by Crippen LogP contribution is -2.37. The Morgan fingerprint density at radius 3 is 2.16 bits per heavy atom. The Morgan fingerprint density at radius 2 is 1.68 bits per heavy atom. The van der Waals surface area contributed by atoms with Crippen molar-refractivity contribution < 1.29 is 14.4 Å². The van der Waals surface area contributed by atoms with E-state index in [2.05, 4.69) is 10.4 Å². The van der Waals surface area contributed by atoms with Gasteiger partial charge in [0.05, 0.1) is 16.8 Å². The SMILES string of the molecule is Cn1nc(C(C)(C)C)cc1NC(=O)CN1C(=O)c2ccccc2C1=O. The van der Waals surface area contributed by atoms with Crippen LogP contribution in [0.2, 0.25) is 0 Å². The van der Waals surface area contributed by atoms with Crippen molar-refractivity contribution in [3.63, 3.8) is 0 Å². The largest absolute Gasteiger partial charge is 0.309 e. The normalized spacial score (nSPS) is 14.0. The Balaban J connectivity index is 1.73. The van der Waals surface area contributed by atoms with Gasteiger partial charge in [-0.05, 0) is 12.1 Å². The minimum absolute atomic E-state index is 0.150. The van der Waals surface area contributed by atoms with Crippen LogP contribution in [0.4, 0.5) is 5.82 Å². The Hall–Kier alpha value is -2.96. The molecule has 0 bridgehead atoms. The molecule has 0 saturated carbocycles. The second kappa shape index (κ2) is 5.84. The molecule has 130 valence electrons. The van der Waals surface area contributed by atoms with E-state index in [9.17, 15) is 14.4 Å². The van der Waals surface area contributed by atoms with E-state index in [1.807, 2.05) is 20.8 Å². The van der Waals surface area contributed by atoms with E-state index in [1.165, 1.54) is 0 Å². The highest BCUT2D eigenvalue weighted by molar-refractivity contribution is 6.22. The molecule has 0 unspecified atom stereocenters. The summed E-state index contributed by atoms with van der Waals surface area (Å²) in [5.74, 6) is -0.822. The quantitative estimate of drug-likeness (QED) is 0.866. The molecule has 0 atom stereocenters. The van der Waals surface area contributed by atoms with Gasteiger partial charge in [-0.2, -0.15) is 5.10 Å². The molecule has 2 heterocycles. The molecular formula is C18H20N4O3. The fraction of sp³-hybridized carbons (Fsp3) is 0.333. The number of aromatic nitrogens is 2. The molecule has 1 aliphatic heterocycles. The van der Waals surface area contributed by atoms with Crippen LogP contribution in [-0.2, 0) is 17.3 Å². The number of hydrogen-bond donors (Lipinski definition) is 1. The Labute approximate surface area is 145 Å². The highest BCUT2D eigenvalue weighted by Crippen LogP contribution is 2.24. The summed E-state index contributed by atoms with van der Waals surface area (Å²) in [6.45, 7) is 5.75. The molecule has 3 amide bonds. The van der Waals surface area contributed by atoms with Gasteiger partial charge in [-0.25, -0.2) is 0 Å². The molecule has 3 rings (SSSR count). The van der Waals surface area contributed by atoms with Crippen molar-refractivity contribution in [1.82, 2.24) is 14.7 Å². The average Bonchev–Trinajstić information content (AvgIpc) is 3.02. The molecule has 1 aromatic heterocycles. The van der Waals surface area contributed by atoms with E-state index in [0.717, 1.165) is 10.6 Å². The zero-order valence-electron chi connectivity index (χ0n) is 14.7. The number of carbonyl (C=O) groups is 3. The third kappa shape index (κ3) is 3.05. The van der Waals surface area contributed by atoms with Crippen LogP contribution in [-0.4, -0.2) is 38.9 Å². The first-order chi connectivity index (χ1) is 11.7. The maximum atomic E-state index is 12.3. The van der Waals surface area contributed by atoms with Gasteiger partial charge in [-0.1, -0.05) is 32.9 Å². The number of benzene rings is 1. The van der Waals surface area contributed by atoms with Gasteiger partial charge in [0.1, 0.15) is 12.4 Å². The molecular weight excluding hydrogens is 320 g/mol. The van der Waals surface area contributed by atoms with Gasteiger partial charge in [0.15, 0.2) is 0 Å². The van der Waals surface area contributed by atoms with Crippen LogP contribution in [0, 0.1) is 0 Å². The van der Waals surface area contributed by atoms with Crippen molar-refractivity contribution in [1.29, 1.82) is 0 Å². The number of hydrogen-bond acceptors (Lipinski definition) is 4. The zero-order valence-corrected chi connectivity index (χ0v) is 14.7. The smallest absolute Gasteiger partial charge is 0.262 e. The number of amides is 3. The minimum Gasteiger partial charge on any atom is -0.309 e. The van der Waals surface area contributed by atoms with Crippen LogP contribution in [0.15, 0.2) is 30.3 Å². The Morgan fingerprint density at radius 1 is 1.12 bits per heavy atom. The van der Waals surface area contributed by atoms with Crippen molar-refractivity contribution in [2.24, 2.45) is 7.05 Å². The number of anilines is 1. The first-order valence-corrected chi connectivity index (χ1v) is 7.98. The summed E-state index contributed by atoms with van der Waals surface area (Å²) in [6.07, 6.45) is 0. The van der Waals surface area contributed by atoms with Gasteiger partial charge in [0, 0.05) is 18.5 Å². The maximum Gasteiger partial charge on any atom is 0.262 e. The summed E-state index contributed by atoms with van der Waals surface area (Å²) in [5, 5.41) is 7.10. The van der Waals surface area contributed by atoms with E-state index in [4.69, 9.17) is 0 Å². The molecule has 0 saturated heterocycles. The molecule has 25 heavy (non-hydrogen) atoms. The van der Waals surface area contributed by atoms with Gasteiger partial charge < -0.3 is 5.32 Å². The van der Waals surface area contributed by atoms with Crippen LogP contribution in [0.5, 0.6) is 0 Å². The zero-order chi connectivity index (χ0) is 18.4. The molecule has 0 radical (unpaired) electrons. The van der Waals surface area contributed by atoms with Crippen LogP contribution >= 0.6 is 0 Å². The number of carbonyl (C=O) groups excluding carboxylic acids is 3. The highest BCUT2D eigenvalue weighted by Gasteiger charge is 2.36. The van der Waals surface area contributed by atoms with Gasteiger partial charge in [-0.3, -0.25) is 24.0 Å². The molecule has 7 heteroatoms. The minimum atomic E-state index is -0.448. The molecule has 0 aliphatic carbocycles. The van der Waals surface area contributed by atoms with Crippen molar-refractivity contribution in [2.45, 2.75) is 26.2 Å². The summed E-state index contributed by atoms with van der Waals surface area (Å²) < 4.78 is 1.57. The number of nitrogens with zero attached hydrogens (tertiary/aromatic N) is 3. The second-order valence-electron chi connectivity index (χ2n) is 7.08. The third-order valence-electron chi connectivity index (χ3n) is 4.10. The van der Waals surface area contributed by atoms with E-state index in [1.54, 1.807) is 42.1 Å². The van der Waals surface area contributed by atoms with Crippen molar-refractivity contribution in [3.8, 4) is 0 Å². The molecule has 7 nitrogen and oxygen atoms in total. The Bertz CT molecular complexity index is 842. The molecule has 1 aromatic carbocycles. The topological polar surface area (TPSA) is 84.3 Å². The molecule has 0 fully saturated rings. The fourth-order valence-electron chi connectivity index (χ4n) is 2.66. The summed E-state index contributed by atoms with van der Waals surface area (Å²) >= 11 is 0. The number of fused-ring (bicyclic) bond motifs is 1. The van der Waals surface area contributed by atoms with Crippen LogP contribution < -0.4 is 5.32 Å². The van der Waals surface area contributed by atoms with Gasteiger partial charge in [-0.15, -0.1) is 0 Å². The Kier molecular flexibility index (Phi) is 3.94. The lowest BCUT2D eigenvalue weighted by Gasteiger charge is -2.14. The van der Waals surface area contributed by atoms with Crippen LogP contribution in [0.1, 0.15) is 47.2 Å². The predicted octanol–water partition coefficient (Wildman–Crippen LogP) is 1.95. The first kappa shape index (κ1) is 16.9. The maximum absolute atomic E-state index is 12.3. The number of imide groups is 1. The lowest BCUT2D eigenvalue weighted by atomic mass is 9.92. The standard InChI is InChI=1S/C18H20N4O3/c1-18(2,3)13-9-14(21(4)20-13)19-15(23)10-22-16(24)11-7-5-6-8-12(11)17(22)25/h5-9H,10H2,1-4H3,(H,19,23). The number of rotatable bonds is 3. The number of aryl methyl sites for hydroxylation is 1. The van der Waals surface area contributed by atoms with Gasteiger partial charge in [0.2, 0.25) is 5.91 Å². The molecule has 1 aliphatic rings. The first-order valence-electron chi connectivity index (χ1n) is 7.98. The van der Waals surface area contributed by atoms with Gasteiger partial charge >= 0.3 is 0 Å². The summed E-state index contributed by atoms with van der Waals surface area (Å²) in [5.41, 5.74) is 1.35. The second-order valence-corrected chi connectivity index (χ2v) is 7.08. The van der Waals surface area contributed by atoms with Crippen molar-refractivity contribution >= 4 is 23.5 Å². The summed E-state index contributed by atoms with van der Waals surface area (Å²) in [4.78, 5) is 37.9. The fourth-order valence-corrected chi connectivity index (χ4v) is 2.66. The van der Waals surface area contributed by atoms with Crippen LogP contribution in [0.3, 0.4) is 0 Å². The van der Waals surface area contributed by atoms with Crippen LogP contribution in [0.25, 0.3) is 0 Å². The van der Waals surface area contributed by atoms with Crippen molar-refractivity contribution in [2.75, 3.05) is 11.9 Å². The van der Waals surface area contributed by atoms with E-state index >= 15 is 0 Å². The third-order valence-corrected chi connectivity index (χ3v) is 4.10. The number of nitrogens with one attached hydrogen (secondary N) is 1. The molecule has 2 aromatic rings. The van der Waals surface area contributed by atoms with Crippen molar-refractivity contribution in [3.05, 3.63) is 47.2 Å². The van der Waals surface area contributed by atoms with E-state index in [0.29, 0.717) is 16.9 Å². The van der Waals surface area contributed by atoms with Gasteiger partial charge in [0.25, 0.3) is 11.8 Å². The molecule has 1 N–H and O–H groups in total. The summed E-state index contributed by atoms with van der Waals surface area (Å²) in [6, 6.07) is 8.35. The monoisotopic (exact) mass is 340 g/mol. The van der Waals surface area contributed by atoms with E-state index in [-0.39, 0.29) is 12.0 Å². The highest BCUT2D eigenvalue weighted by atomic mass is 16.2. The van der Waals surface area contributed by atoms with E-state index < -0.39 is 17.7 Å². The average molecular weight is 340 g/mol. The summed E-state index contributed by atoms with van der Waals surface area (Å²) in [7, 11) is 1.73. The predicted molar refractivity (Wildman–Crippen MR) is 92.3 cm³/mol. The lowest BCUT2D eigenvalue weighted by molar-refractivity contribution is -0.116. The molecule has 0 spiro atoms.